The summed E-state index contributed by atoms with van der Waals surface area (Å²) < 4.78 is 7.10. The summed E-state index contributed by atoms with van der Waals surface area (Å²) in [4.78, 5) is 21.3. The van der Waals surface area contributed by atoms with Gasteiger partial charge >= 0.3 is 5.82 Å². The minimum absolute atomic E-state index is 0.0565. The van der Waals surface area contributed by atoms with Gasteiger partial charge in [-0.25, -0.2) is 14.5 Å². The third-order valence-corrected chi connectivity index (χ3v) is 4.42. The number of rotatable bonds is 12. The fourth-order valence-corrected chi connectivity index (χ4v) is 2.62. The number of nitro groups is 1. The molecule has 0 saturated heterocycles. The first kappa shape index (κ1) is 21.4. The van der Waals surface area contributed by atoms with Crippen LogP contribution in [0.3, 0.4) is 0 Å². The Morgan fingerprint density at radius 1 is 1.21 bits per heavy atom. The largest absolute Gasteiger partial charge is 0.483 e. The second-order valence-corrected chi connectivity index (χ2v) is 6.62. The number of aliphatic imine (C=N–C) groups is 1. The molecule has 8 nitrogen and oxygen atoms in total. The van der Waals surface area contributed by atoms with Crippen molar-refractivity contribution in [3.63, 3.8) is 0 Å². The molecule has 0 aliphatic rings. The molecule has 0 atom stereocenters. The number of nitrogens with zero attached hydrogens (tertiary/aromatic N) is 5. The minimum atomic E-state index is -0.465. The molecule has 1 aromatic carbocycles. The van der Waals surface area contributed by atoms with Gasteiger partial charge in [0, 0.05) is 13.1 Å². The first-order valence-electron chi connectivity index (χ1n) is 9.71. The van der Waals surface area contributed by atoms with E-state index in [2.05, 4.69) is 28.7 Å². The van der Waals surface area contributed by atoms with E-state index in [-0.39, 0.29) is 12.4 Å². The van der Waals surface area contributed by atoms with Gasteiger partial charge in [0.05, 0.1) is 19.1 Å². The maximum absolute atomic E-state index is 10.9. The smallest absolute Gasteiger partial charge is 0.342 e. The average Bonchev–Trinajstić information content (AvgIpc) is 3.07. The van der Waals surface area contributed by atoms with Crippen LogP contribution in [0, 0.1) is 10.1 Å². The summed E-state index contributed by atoms with van der Waals surface area (Å²) in [7, 11) is 1.60. The summed E-state index contributed by atoms with van der Waals surface area (Å²) >= 11 is 0. The Labute approximate surface area is 166 Å². The predicted octanol–water partition coefficient (Wildman–Crippen LogP) is 4.47. The number of hydrogen-bond donors (Lipinski definition) is 0. The molecular formula is C20H29N5O3. The molecular weight excluding hydrogens is 358 g/mol. The third-order valence-electron chi connectivity index (χ3n) is 4.42. The van der Waals surface area contributed by atoms with Crippen molar-refractivity contribution in [1.82, 2.24) is 14.5 Å². The van der Waals surface area contributed by atoms with E-state index in [4.69, 9.17) is 4.74 Å². The van der Waals surface area contributed by atoms with Gasteiger partial charge in [0.2, 0.25) is 5.82 Å². The van der Waals surface area contributed by atoms with Crippen LogP contribution >= 0.6 is 0 Å². The van der Waals surface area contributed by atoms with Gasteiger partial charge in [-0.1, -0.05) is 26.7 Å². The van der Waals surface area contributed by atoms with Crippen LogP contribution < -0.4 is 4.74 Å². The zero-order chi connectivity index (χ0) is 20.4. The second-order valence-electron chi connectivity index (χ2n) is 6.62. The number of ether oxygens (including phenoxy) is 1. The minimum Gasteiger partial charge on any atom is -0.483 e. The summed E-state index contributed by atoms with van der Waals surface area (Å²) in [5.74, 6) is 1.11. The molecule has 0 N–H and O–H groups in total. The van der Waals surface area contributed by atoms with E-state index >= 15 is 0 Å². The molecule has 0 spiro atoms. The quantitative estimate of drug-likeness (QED) is 0.232. The molecule has 0 radical (unpaired) electrons. The Hall–Kier alpha value is -2.90. The molecule has 8 heteroatoms. The van der Waals surface area contributed by atoms with Gasteiger partial charge in [-0.15, -0.1) is 0 Å². The lowest BCUT2D eigenvalue weighted by Crippen LogP contribution is -2.24. The fourth-order valence-electron chi connectivity index (χ4n) is 2.62. The van der Waals surface area contributed by atoms with Crippen LogP contribution in [0.2, 0.25) is 0 Å². The van der Waals surface area contributed by atoms with Crippen molar-refractivity contribution in [1.29, 1.82) is 0 Å². The van der Waals surface area contributed by atoms with Gasteiger partial charge in [-0.05, 0) is 42.0 Å². The zero-order valence-electron chi connectivity index (χ0n) is 16.9. The number of benzene rings is 1. The van der Waals surface area contributed by atoms with E-state index in [1.165, 1.54) is 23.6 Å². The molecule has 0 bridgehead atoms. The van der Waals surface area contributed by atoms with E-state index in [1.807, 2.05) is 30.6 Å². The number of imidazole rings is 1. The summed E-state index contributed by atoms with van der Waals surface area (Å²) in [6, 6.07) is 7.47. The van der Waals surface area contributed by atoms with Crippen molar-refractivity contribution in [3.8, 4) is 5.75 Å². The number of aromatic nitrogens is 2. The highest BCUT2D eigenvalue weighted by Gasteiger charge is 2.16. The highest BCUT2D eigenvalue weighted by molar-refractivity contribution is 5.61. The maximum atomic E-state index is 10.9. The van der Waals surface area contributed by atoms with Gasteiger partial charge < -0.3 is 19.8 Å². The van der Waals surface area contributed by atoms with Crippen LogP contribution in [0.4, 0.5) is 11.5 Å². The van der Waals surface area contributed by atoms with E-state index in [1.54, 1.807) is 7.05 Å². The van der Waals surface area contributed by atoms with E-state index in [0.717, 1.165) is 31.6 Å². The van der Waals surface area contributed by atoms with Crippen molar-refractivity contribution in [2.45, 2.75) is 46.1 Å². The van der Waals surface area contributed by atoms with Crippen LogP contribution in [0.1, 0.15) is 45.4 Å². The molecule has 28 heavy (non-hydrogen) atoms. The first-order chi connectivity index (χ1) is 13.5. The maximum Gasteiger partial charge on any atom is 0.342 e. The Morgan fingerprint density at radius 3 is 2.39 bits per heavy atom. The highest BCUT2D eigenvalue weighted by atomic mass is 16.6. The van der Waals surface area contributed by atoms with Gasteiger partial charge in [0.1, 0.15) is 11.9 Å². The van der Waals surface area contributed by atoms with Gasteiger partial charge in [0.15, 0.2) is 6.61 Å². The van der Waals surface area contributed by atoms with Crippen LogP contribution in [0.5, 0.6) is 5.75 Å². The molecule has 0 unspecified atom stereocenters. The van der Waals surface area contributed by atoms with Crippen LogP contribution in [-0.4, -0.2) is 38.8 Å². The normalized spacial score (nSPS) is 11.1. The Bertz CT molecular complexity index is 763. The molecule has 1 heterocycles. The third kappa shape index (κ3) is 6.37. The van der Waals surface area contributed by atoms with Crippen LogP contribution in [0.25, 0.3) is 0 Å². The Kier molecular flexibility index (Phi) is 8.45. The van der Waals surface area contributed by atoms with Crippen molar-refractivity contribution in [2.24, 2.45) is 12.0 Å². The van der Waals surface area contributed by atoms with Gasteiger partial charge in [0.25, 0.3) is 0 Å². The molecule has 0 fully saturated rings. The molecule has 2 aromatic rings. The highest BCUT2D eigenvalue weighted by Crippen LogP contribution is 2.20. The molecule has 152 valence electrons. The first-order valence-corrected chi connectivity index (χ1v) is 9.71. The topological polar surface area (TPSA) is 85.8 Å². The molecule has 2 rings (SSSR count). The summed E-state index contributed by atoms with van der Waals surface area (Å²) in [5, 5.41) is 10.9. The van der Waals surface area contributed by atoms with E-state index < -0.39 is 4.92 Å². The zero-order valence-corrected chi connectivity index (χ0v) is 16.9. The van der Waals surface area contributed by atoms with Crippen LogP contribution in [0.15, 0.2) is 35.5 Å². The van der Waals surface area contributed by atoms with Crippen molar-refractivity contribution in [3.05, 3.63) is 46.4 Å². The standard InChI is InChI=1S/C20H29N5O3/c1-4-6-12-24(13-7-5-2)16-22-17-8-10-18(11-9-17)28-15-19-21-14-20(23(19)3)25(26)27/h8-11,14,16H,4-7,12-13,15H2,1-3H3. The lowest BCUT2D eigenvalue weighted by molar-refractivity contribution is -0.391. The molecule has 0 aliphatic heterocycles. The van der Waals surface area contributed by atoms with Gasteiger partial charge in [-0.2, -0.15) is 0 Å². The molecule has 0 aliphatic carbocycles. The second kappa shape index (κ2) is 11.1. The Morgan fingerprint density at radius 2 is 1.86 bits per heavy atom. The lowest BCUT2D eigenvalue weighted by Gasteiger charge is -2.18. The van der Waals surface area contributed by atoms with E-state index in [0.29, 0.717) is 11.6 Å². The number of hydrogen-bond acceptors (Lipinski definition) is 5. The Balaban J connectivity index is 1.92. The predicted molar refractivity (Wildman–Crippen MR) is 110 cm³/mol. The fraction of sp³-hybridized carbons (Fsp3) is 0.500. The molecule has 0 amide bonds. The molecule has 1 aromatic heterocycles. The summed E-state index contributed by atoms with van der Waals surface area (Å²) in [6.07, 6.45) is 7.82. The van der Waals surface area contributed by atoms with Gasteiger partial charge in [-0.3, -0.25) is 0 Å². The van der Waals surface area contributed by atoms with Crippen molar-refractivity contribution < 1.29 is 9.66 Å². The monoisotopic (exact) mass is 387 g/mol. The average molecular weight is 387 g/mol. The van der Waals surface area contributed by atoms with Crippen LogP contribution in [-0.2, 0) is 13.7 Å². The van der Waals surface area contributed by atoms with E-state index in [9.17, 15) is 10.1 Å². The summed E-state index contributed by atoms with van der Waals surface area (Å²) in [5.41, 5.74) is 0.859. The summed E-state index contributed by atoms with van der Waals surface area (Å²) in [6.45, 7) is 6.59. The SMILES string of the molecule is CCCCN(C=Nc1ccc(OCc2ncc([N+](=O)[O-])n2C)cc1)CCCC. The van der Waals surface area contributed by atoms with Crippen molar-refractivity contribution in [2.75, 3.05) is 13.1 Å². The lowest BCUT2D eigenvalue weighted by atomic mass is 10.3. The number of unbranched alkanes of at least 4 members (excludes halogenated alkanes) is 2. The van der Waals surface area contributed by atoms with Crippen molar-refractivity contribution >= 4 is 17.8 Å². The molecule has 0 saturated carbocycles.